The topological polar surface area (TPSA) is 95.9 Å². The molecule has 224 valence electrons. The number of nitrogens with one attached hydrogen (secondary N) is 1. The molecule has 7 nitrogen and oxygen atoms in total. The van der Waals surface area contributed by atoms with Gasteiger partial charge in [-0.25, -0.2) is 13.1 Å². The summed E-state index contributed by atoms with van der Waals surface area (Å²) in [5, 5.41) is 11.4. The first-order valence-corrected chi connectivity index (χ1v) is 16.7. The molecule has 1 saturated carbocycles. The molecule has 0 unspecified atom stereocenters. The molecule has 0 spiro atoms. The number of aryl methyl sites for hydroxylation is 1. The number of nitrogens with zero attached hydrogens (tertiary/aromatic N) is 1. The van der Waals surface area contributed by atoms with Crippen LogP contribution in [0.25, 0.3) is 0 Å². The summed E-state index contributed by atoms with van der Waals surface area (Å²) in [6, 6.07) is 10.9. The van der Waals surface area contributed by atoms with Crippen LogP contribution in [0.2, 0.25) is 5.02 Å². The second-order valence-corrected chi connectivity index (χ2v) is 14.5. The molecule has 1 fully saturated rings. The maximum Gasteiger partial charge on any atom is 0.264 e. The molecule has 42 heavy (non-hydrogen) atoms. The average Bonchev–Trinajstić information content (AvgIpc) is 2.97. The van der Waals surface area contributed by atoms with E-state index in [2.05, 4.69) is 15.5 Å². The number of allylic oxidation sites excluding steroid dienone is 1. The van der Waals surface area contributed by atoms with E-state index in [-0.39, 0.29) is 23.3 Å². The molecule has 2 aromatic carbocycles. The summed E-state index contributed by atoms with van der Waals surface area (Å²) in [5.41, 5.74) is 1.74. The smallest absolute Gasteiger partial charge is 0.264 e. The second-order valence-electron chi connectivity index (χ2n) is 12.0. The number of carbonyl (C=O) groups is 1. The van der Waals surface area contributed by atoms with Crippen LogP contribution in [0.1, 0.15) is 67.4 Å². The first-order chi connectivity index (χ1) is 20.0. The van der Waals surface area contributed by atoms with Crippen LogP contribution in [-0.2, 0) is 23.1 Å². The lowest BCUT2D eigenvalue weighted by molar-refractivity contribution is -0.00281. The SMILES string of the molecule is C#C[C@@]1(O)/C=C/C[C@H](C)[C@@H](C)S(=O)(=O)NC(=O)c2ccc3c(c2)N(CCCCc2cc(Cl)ccc2CO3)C[C@@H]2CC[C@H]21. The molecule has 2 N–H and O–H groups in total. The summed E-state index contributed by atoms with van der Waals surface area (Å²) in [6.07, 6.45) is 14.1. The van der Waals surface area contributed by atoms with Gasteiger partial charge in [0.05, 0.1) is 10.9 Å². The van der Waals surface area contributed by atoms with E-state index in [0.717, 1.165) is 48.9 Å². The highest BCUT2D eigenvalue weighted by Gasteiger charge is 2.45. The number of hydrogen-bond donors (Lipinski definition) is 2. The number of sulfonamides is 1. The lowest BCUT2D eigenvalue weighted by Crippen LogP contribution is -2.49. The summed E-state index contributed by atoms with van der Waals surface area (Å²) in [7, 11) is -3.97. The standard InChI is InChI=1S/C33H39ClN2O5S/c1-4-33(38)16-7-8-22(2)23(3)42(39,40)35-32(37)25-12-15-31-30(19-25)36(20-26-11-14-29(26)33)17-6-5-9-24-18-28(34)13-10-27(24)21-41-31/h1,7,10,12-13,15-16,18-19,22-23,26,29,38H,5-6,8-9,11,14,17,20-21H2,2-3H3,(H,35,37)/b16-7+/t22-,23+,26-,29+,33+/m0/s1. The van der Waals surface area contributed by atoms with Gasteiger partial charge in [-0.1, -0.05) is 36.6 Å². The molecule has 0 saturated heterocycles. The third-order valence-electron chi connectivity index (χ3n) is 9.31. The molecule has 5 atom stereocenters. The zero-order valence-electron chi connectivity index (χ0n) is 24.2. The Kier molecular flexibility index (Phi) is 8.94. The van der Waals surface area contributed by atoms with Crippen LogP contribution in [0.15, 0.2) is 48.6 Å². The number of halogens is 1. The molecule has 9 heteroatoms. The number of carbonyl (C=O) groups excluding carboxylic acids is 1. The van der Waals surface area contributed by atoms with Crippen molar-refractivity contribution in [1.82, 2.24) is 4.72 Å². The molecule has 2 aliphatic heterocycles. The first-order valence-electron chi connectivity index (χ1n) is 14.7. The molecule has 2 bridgehead atoms. The third-order valence-corrected chi connectivity index (χ3v) is 11.5. The largest absolute Gasteiger partial charge is 0.487 e. The van der Waals surface area contributed by atoms with Gasteiger partial charge in [0.1, 0.15) is 18.0 Å². The van der Waals surface area contributed by atoms with Gasteiger partial charge in [0.15, 0.2) is 0 Å². The van der Waals surface area contributed by atoms with Crippen LogP contribution in [0.3, 0.4) is 0 Å². The monoisotopic (exact) mass is 610 g/mol. The molecule has 3 aliphatic rings. The number of benzene rings is 2. The minimum absolute atomic E-state index is 0.131. The Balaban J connectivity index is 1.57. The van der Waals surface area contributed by atoms with Crippen molar-refractivity contribution in [3.05, 3.63) is 70.3 Å². The molecule has 2 aromatic rings. The molecule has 0 aromatic heterocycles. The predicted octanol–water partition coefficient (Wildman–Crippen LogP) is 5.50. The van der Waals surface area contributed by atoms with Gasteiger partial charge < -0.3 is 14.7 Å². The van der Waals surface area contributed by atoms with Gasteiger partial charge in [-0.3, -0.25) is 4.79 Å². The van der Waals surface area contributed by atoms with Gasteiger partial charge >= 0.3 is 0 Å². The van der Waals surface area contributed by atoms with E-state index in [9.17, 15) is 18.3 Å². The number of ether oxygens (including phenoxy) is 1. The summed E-state index contributed by atoms with van der Waals surface area (Å²) >= 11 is 6.30. The van der Waals surface area contributed by atoms with E-state index >= 15 is 0 Å². The molecule has 1 aliphatic carbocycles. The average molecular weight is 611 g/mol. The first kappa shape index (κ1) is 30.5. The fraction of sp³-hybridized carbons (Fsp3) is 0.485. The van der Waals surface area contributed by atoms with E-state index in [0.29, 0.717) is 36.9 Å². The maximum absolute atomic E-state index is 13.3. The third kappa shape index (κ3) is 6.34. The van der Waals surface area contributed by atoms with Crippen molar-refractivity contribution >= 4 is 33.2 Å². The van der Waals surface area contributed by atoms with Crippen molar-refractivity contribution in [2.75, 3.05) is 18.0 Å². The van der Waals surface area contributed by atoms with E-state index in [1.54, 1.807) is 37.3 Å². The fourth-order valence-corrected chi connectivity index (χ4v) is 7.73. The Morgan fingerprint density at radius 1 is 1.14 bits per heavy atom. The van der Waals surface area contributed by atoms with Crippen molar-refractivity contribution in [3.63, 3.8) is 0 Å². The minimum atomic E-state index is -3.97. The van der Waals surface area contributed by atoms with Gasteiger partial charge in [-0.05, 0) is 105 Å². The van der Waals surface area contributed by atoms with Crippen LogP contribution >= 0.6 is 11.6 Å². The Morgan fingerprint density at radius 3 is 2.69 bits per heavy atom. The van der Waals surface area contributed by atoms with Crippen molar-refractivity contribution in [2.24, 2.45) is 17.8 Å². The predicted molar refractivity (Wildman–Crippen MR) is 166 cm³/mol. The van der Waals surface area contributed by atoms with E-state index in [1.165, 1.54) is 0 Å². The lowest BCUT2D eigenvalue weighted by Gasteiger charge is -2.46. The van der Waals surface area contributed by atoms with Gasteiger partial charge in [0, 0.05) is 29.6 Å². The number of aliphatic hydroxyl groups is 1. The number of anilines is 1. The molecule has 1 amide bonds. The molecule has 2 heterocycles. The number of rotatable bonds is 0. The van der Waals surface area contributed by atoms with Crippen LogP contribution < -0.4 is 14.4 Å². The van der Waals surface area contributed by atoms with Crippen molar-refractivity contribution in [3.8, 4) is 18.1 Å². The number of fused-ring (bicyclic) bond motifs is 3. The summed E-state index contributed by atoms with van der Waals surface area (Å²) in [6.45, 7) is 5.04. The summed E-state index contributed by atoms with van der Waals surface area (Å²) < 4.78 is 35.0. The Labute approximate surface area is 254 Å². The normalized spacial score (nSPS) is 30.5. The zero-order chi connectivity index (χ0) is 30.1. The minimum Gasteiger partial charge on any atom is -0.487 e. The van der Waals surface area contributed by atoms with Crippen LogP contribution in [0.5, 0.6) is 5.75 Å². The molecular formula is C33H39ClN2O5S. The highest BCUT2D eigenvalue weighted by molar-refractivity contribution is 7.90. The molecule has 5 rings (SSSR count). The quantitative estimate of drug-likeness (QED) is 0.302. The van der Waals surface area contributed by atoms with Gasteiger partial charge in [0.25, 0.3) is 5.91 Å². The van der Waals surface area contributed by atoms with E-state index in [4.69, 9.17) is 22.8 Å². The number of amides is 1. The highest BCUT2D eigenvalue weighted by Crippen LogP contribution is 2.44. The van der Waals surface area contributed by atoms with Gasteiger partial charge in [-0.2, -0.15) is 0 Å². The zero-order valence-corrected chi connectivity index (χ0v) is 25.8. The Morgan fingerprint density at radius 2 is 1.95 bits per heavy atom. The van der Waals surface area contributed by atoms with Gasteiger partial charge in [-0.15, -0.1) is 6.42 Å². The lowest BCUT2D eigenvalue weighted by atomic mass is 9.64. The van der Waals surface area contributed by atoms with Crippen molar-refractivity contribution < 1.29 is 23.1 Å². The second kappa shape index (κ2) is 12.3. The Bertz CT molecular complexity index is 1520. The van der Waals surface area contributed by atoms with E-state index in [1.807, 2.05) is 25.1 Å². The number of terminal acetylenes is 1. The van der Waals surface area contributed by atoms with Crippen molar-refractivity contribution in [1.29, 1.82) is 0 Å². The van der Waals surface area contributed by atoms with Crippen molar-refractivity contribution in [2.45, 2.75) is 69.8 Å². The van der Waals surface area contributed by atoms with Crippen LogP contribution in [0, 0.1) is 30.1 Å². The van der Waals surface area contributed by atoms with E-state index < -0.39 is 26.8 Å². The van der Waals surface area contributed by atoms with Crippen LogP contribution in [-0.4, -0.2) is 43.4 Å². The summed E-state index contributed by atoms with van der Waals surface area (Å²) in [4.78, 5) is 15.5. The fourth-order valence-electron chi connectivity index (χ4n) is 6.25. The highest BCUT2D eigenvalue weighted by atomic mass is 35.5. The molecular weight excluding hydrogens is 572 g/mol. The molecule has 0 radical (unpaired) electrons. The summed E-state index contributed by atoms with van der Waals surface area (Å²) in [5.74, 6) is 2.24. The maximum atomic E-state index is 13.3. The van der Waals surface area contributed by atoms with Gasteiger partial charge in [0.2, 0.25) is 10.0 Å². The van der Waals surface area contributed by atoms with Crippen LogP contribution in [0.4, 0.5) is 5.69 Å². The number of hydrogen-bond acceptors (Lipinski definition) is 6. The Hall–Kier alpha value is -2.99.